The molecule has 0 aliphatic heterocycles. The molecule has 0 heterocycles. The van der Waals surface area contributed by atoms with E-state index in [0.717, 1.165) is 16.2 Å². The van der Waals surface area contributed by atoms with Crippen LogP contribution in [-0.2, 0) is 9.59 Å². The lowest BCUT2D eigenvalue weighted by molar-refractivity contribution is -0.153. The van der Waals surface area contributed by atoms with Gasteiger partial charge < -0.3 is 14.9 Å². The second-order valence-corrected chi connectivity index (χ2v) is 6.74. The lowest BCUT2D eigenvalue weighted by Gasteiger charge is -2.24. The van der Waals surface area contributed by atoms with Crippen LogP contribution in [0.1, 0.15) is 11.5 Å². The fourth-order valence-electron chi connectivity index (χ4n) is 3.64. The summed E-state index contributed by atoms with van der Waals surface area (Å²) in [6, 6.07) is 25.2. The Bertz CT molecular complexity index is 1200. The Morgan fingerprint density at radius 3 is 1.86 bits per heavy atom. The summed E-state index contributed by atoms with van der Waals surface area (Å²) in [6.45, 7) is 0. The van der Waals surface area contributed by atoms with E-state index in [4.69, 9.17) is 4.74 Å². The SMILES string of the molecule is O=C(O)C(Oc1cccc2ccccc12)C(C(=O)O)c1cccc2ccccc12. The summed E-state index contributed by atoms with van der Waals surface area (Å²) in [5, 5.41) is 23.0. The molecule has 29 heavy (non-hydrogen) atoms. The Kier molecular flexibility index (Phi) is 4.87. The van der Waals surface area contributed by atoms with Gasteiger partial charge >= 0.3 is 11.9 Å². The van der Waals surface area contributed by atoms with Crippen molar-refractivity contribution in [3.63, 3.8) is 0 Å². The molecule has 4 rings (SSSR count). The topological polar surface area (TPSA) is 83.8 Å². The number of benzene rings is 4. The van der Waals surface area contributed by atoms with E-state index in [1.165, 1.54) is 0 Å². The van der Waals surface area contributed by atoms with E-state index in [0.29, 0.717) is 16.7 Å². The first-order chi connectivity index (χ1) is 14.1. The average Bonchev–Trinajstić information content (AvgIpc) is 2.73. The predicted molar refractivity (Wildman–Crippen MR) is 110 cm³/mol. The molecule has 2 atom stereocenters. The van der Waals surface area contributed by atoms with Crippen molar-refractivity contribution in [2.45, 2.75) is 12.0 Å². The first kappa shape index (κ1) is 18.5. The van der Waals surface area contributed by atoms with Crippen molar-refractivity contribution in [3.8, 4) is 5.75 Å². The van der Waals surface area contributed by atoms with Gasteiger partial charge in [0, 0.05) is 5.39 Å². The molecule has 144 valence electrons. The number of carbonyl (C=O) groups is 2. The fraction of sp³-hybridized carbons (Fsp3) is 0.0833. The van der Waals surface area contributed by atoms with Crippen LogP contribution in [0.3, 0.4) is 0 Å². The third-order valence-electron chi connectivity index (χ3n) is 4.97. The Balaban J connectivity index is 1.83. The highest BCUT2D eigenvalue weighted by atomic mass is 16.5. The number of hydrogen-bond acceptors (Lipinski definition) is 3. The standard InChI is InChI=1S/C24H18O5/c25-23(26)21(19-13-5-9-15-7-1-3-11-17(15)19)22(24(27)28)29-20-14-6-10-16-8-2-4-12-18(16)20/h1-14,21-22H,(H,25,26)(H,27,28). The number of aliphatic carboxylic acids is 2. The van der Waals surface area contributed by atoms with Gasteiger partial charge in [-0.15, -0.1) is 0 Å². The summed E-state index contributed by atoms with van der Waals surface area (Å²) in [4.78, 5) is 24.3. The Hall–Kier alpha value is -3.86. The van der Waals surface area contributed by atoms with Crippen LogP contribution in [0.15, 0.2) is 84.9 Å². The zero-order valence-electron chi connectivity index (χ0n) is 15.4. The molecule has 4 aromatic carbocycles. The molecular weight excluding hydrogens is 368 g/mol. The molecular formula is C24H18O5. The van der Waals surface area contributed by atoms with E-state index >= 15 is 0 Å². The minimum atomic E-state index is -1.59. The summed E-state index contributed by atoms with van der Waals surface area (Å²) < 4.78 is 5.84. The van der Waals surface area contributed by atoms with Crippen LogP contribution in [0, 0.1) is 0 Å². The van der Waals surface area contributed by atoms with Crippen LogP contribution in [0.5, 0.6) is 5.75 Å². The molecule has 0 aliphatic rings. The van der Waals surface area contributed by atoms with E-state index in [-0.39, 0.29) is 0 Å². The molecule has 0 aliphatic carbocycles. The van der Waals surface area contributed by atoms with E-state index in [9.17, 15) is 19.8 Å². The largest absolute Gasteiger partial charge is 0.481 e. The van der Waals surface area contributed by atoms with Crippen molar-refractivity contribution >= 4 is 33.5 Å². The molecule has 0 fully saturated rings. The summed E-state index contributed by atoms with van der Waals surface area (Å²) in [5.41, 5.74) is 0.406. The van der Waals surface area contributed by atoms with Crippen LogP contribution in [0.25, 0.3) is 21.5 Å². The molecule has 5 heteroatoms. The van der Waals surface area contributed by atoms with E-state index in [1.54, 1.807) is 36.4 Å². The molecule has 2 unspecified atom stereocenters. The Morgan fingerprint density at radius 2 is 1.21 bits per heavy atom. The molecule has 0 amide bonds. The molecule has 0 saturated carbocycles. The van der Waals surface area contributed by atoms with Crippen molar-refractivity contribution in [2.75, 3.05) is 0 Å². The maximum absolute atomic E-state index is 12.2. The zero-order chi connectivity index (χ0) is 20.4. The molecule has 5 nitrogen and oxygen atoms in total. The van der Waals surface area contributed by atoms with Gasteiger partial charge in [0.25, 0.3) is 0 Å². The number of carboxylic acid groups (broad SMARTS) is 2. The highest BCUT2D eigenvalue weighted by molar-refractivity contribution is 5.94. The fourth-order valence-corrected chi connectivity index (χ4v) is 3.64. The first-order valence-electron chi connectivity index (χ1n) is 9.14. The highest BCUT2D eigenvalue weighted by Crippen LogP contribution is 2.33. The van der Waals surface area contributed by atoms with Gasteiger partial charge in [0.05, 0.1) is 0 Å². The summed E-state index contributed by atoms with van der Waals surface area (Å²) in [6.07, 6.45) is -1.59. The van der Waals surface area contributed by atoms with Gasteiger partial charge in [-0.1, -0.05) is 78.9 Å². The van der Waals surface area contributed by atoms with Gasteiger partial charge in [-0.25, -0.2) is 4.79 Å². The molecule has 2 N–H and O–H groups in total. The molecule has 0 saturated heterocycles. The monoisotopic (exact) mass is 386 g/mol. The molecule has 0 spiro atoms. The number of hydrogen-bond donors (Lipinski definition) is 2. The number of ether oxygens (including phenoxy) is 1. The van der Waals surface area contributed by atoms with Crippen LogP contribution < -0.4 is 4.74 Å². The van der Waals surface area contributed by atoms with Crippen LogP contribution in [0.4, 0.5) is 0 Å². The Morgan fingerprint density at radius 1 is 0.655 bits per heavy atom. The minimum absolute atomic E-state index is 0.335. The van der Waals surface area contributed by atoms with Gasteiger partial charge in [0.15, 0.2) is 0 Å². The minimum Gasteiger partial charge on any atom is -0.481 e. The van der Waals surface area contributed by atoms with Crippen molar-refractivity contribution < 1.29 is 24.5 Å². The van der Waals surface area contributed by atoms with E-state index < -0.39 is 24.0 Å². The van der Waals surface area contributed by atoms with Crippen molar-refractivity contribution in [2.24, 2.45) is 0 Å². The number of fused-ring (bicyclic) bond motifs is 2. The third kappa shape index (κ3) is 3.50. The lowest BCUT2D eigenvalue weighted by atomic mass is 9.89. The normalized spacial score (nSPS) is 13.1. The van der Waals surface area contributed by atoms with Crippen LogP contribution >= 0.6 is 0 Å². The van der Waals surface area contributed by atoms with Gasteiger partial charge in [0.1, 0.15) is 11.7 Å². The summed E-state index contributed by atoms with van der Waals surface area (Å²) >= 11 is 0. The second kappa shape index (κ2) is 7.64. The number of rotatable bonds is 6. The van der Waals surface area contributed by atoms with Crippen molar-refractivity contribution in [1.82, 2.24) is 0 Å². The smallest absolute Gasteiger partial charge is 0.346 e. The first-order valence-corrected chi connectivity index (χ1v) is 9.14. The predicted octanol–water partition coefficient (Wildman–Crippen LogP) is 4.69. The maximum atomic E-state index is 12.2. The van der Waals surface area contributed by atoms with Crippen LogP contribution in [0.2, 0.25) is 0 Å². The van der Waals surface area contributed by atoms with Gasteiger partial charge in [-0.2, -0.15) is 0 Å². The van der Waals surface area contributed by atoms with Gasteiger partial charge in [0.2, 0.25) is 6.10 Å². The molecule has 4 aromatic rings. The maximum Gasteiger partial charge on any atom is 0.346 e. The molecule has 0 aromatic heterocycles. The zero-order valence-corrected chi connectivity index (χ0v) is 15.4. The van der Waals surface area contributed by atoms with E-state index in [2.05, 4.69) is 0 Å². The lowest BCUT2D eigenvalue weighted by Crippen LogP contribution is -2.38. The molecule has 0 radical (unpaired) electrons. The average molecular weight is 386 g/mol. The number of carboxylic acids is 2. The third-order valence-corrected chi connectivity index (χ3v) is 4.97. The van der Waals surface area contributed by atoms with Gasteiger partial charge in [-0.05, 0) is 27.8 Å². The second-order valence-electron chi connectivity index (χ2n) is 6.74. The Labute approximate surface area is 166 Å². The van der Waals surface area contributed by atoms with E-state index in [1.807, 2.05) is 48.5 Å². The molecule has 0 bridgehead atoms. The van der Waals surface area contributed by atoms with Crippen molar-refractivity contribution in [1.29, 1.82) is 0 Å². The van der Waals surface area contributed by atoms with Crippen LogP contribution in [-0.4, -0.2) is 28.3 Å². The summed E-state index contributed by atoms with van der Waals surface area (Å²) in [7, 11) is 0. The van der Waals surface area contributed by atoms with Crippen molar-refractivity contribution in [3.05, 3.63) is 90.5 Å². The quantitative estimate of drug-likeness (QED) is 0.502. The highest BCUT2D eigenvalue weighted by Gasteiger charge is 2.38. The van der Waals surface area contributed by atoms with Gasteiger partial charge in [-0.3, -0.25) is 4.79 Å². The summed E-state index contributed by atoms with van der Waals surface area (Å²) in [5.74, 6) is -3.63.